The summed E-state index contributed by atoms with van der Waals surface area (Å²) in [6.45, 7) is 5.34. The molecule has 0 fully saturated rings. The van der Waals surface area contributed by atoms with E-state index in [1.54, 1.807) is 6.20 Å². The summed E-state index contributed by atoms with van der Waals surface area (Å²) in [5.74, 6) is 0. The van der Waals surface area contributed by atoms with Gasteiger partial charge in [0, 0.05) is 30.0 Å². The van der Waals surface area contributed by atoms with Crippen LogP contribution in [0, 0.1) is 0 Å². The lowest BCUT2D eigenvalue weighted by Crippen LogP contribution is -2.16. The Balaban J connectivity index is 2.14. The number of halogens is 1. The second kappa shape index (κ2) is 5.80. The number of nitrogens with zero attached hydrogens (tertiary/aromatic N) is 2. The molecule has 4 heteroatoms. The van der Waals surface area contributed by atoms with Gasteiger partial charge in [0.2, 0.25) is 0 Å². The molecular formula is C13H14BrN3. The summed E-state index contributed by atoms with van der Waals surface area (Å²) in [4.78, 5) is 0. The smallest absolute Gasteiger partial charge is 0.0690 e. The van der Waals surface area contributed by atoms with Crippen LogP contribution in [0.1, 0.15) is 5.56 Å². The minimum Gasteiger partial charge on any atom is -0.308 e. The molecule has 88 valence electrons. The molecule has 0 bridgehead atoms. The average Bonchev–Trinajstić information content (AvgIpc) is 2.82. The average molecular weight is 292 g/mol. The fourth-order valence-electron chi connectivity index (χ4n) is 1.63. The highest BCUT2D eigenvalue weighted by atomic mass is 79.9. The highest BCUT2D eigenvalue weighted by Gasteiger charge is 2.03. The second-order valence-electron chi connectivity index (χ2n) is 3.70. The van der Waals surface area contributed by atoms with Crippen LogP contribution < -0.4 is 5.32 Å². The molecule has 0 spiro atoms. The first-order chi connectivity index (χ1) is 8.27. The van der Waals surface area contributed by atoms with E-state index in [0.29, 0.717) is 0 Å². The third-order valence-corrected chi connectivity index (χ3v) is 2.66. The van der Waals surface area contributed by atoms with Gasteiger partial charge in [0.05, 0.1) is 5.69 Å². The first-order valence-corrected chi connectivity index (χ1v) is 6.18. The Kier molecular flexibility index (Phi) is 4.12. The highest BCUT2D eigenvalue weighted by Crippen LogP contribution is 2.13. The first kappa shape index (κ1) is 12.1. The molecule has 0 atom stereocenters. The van der Waals surface area contributed by atoms with Gasteiger partial charge in [0.25, 0.3) is 0 Å². The van der Waals surface area contributed by atoms with Gasteiger partial charge in [0.15, 0.2) is 0 Å². The van der Waals surface area contributed by atoms with Gasteiger partial charge in [0.1, 0.15) is 0 Å². The fourth-order valence-corrected chi connectivity index (χ4v) is 1.83. The van der Waals surface area contributed by atoms with Crippen molar-refractivity contribution in [2.75, 3.05) is 6.54 Å². The number of aromatic nitrogens is 2. The largest absolute Gasteiger partial charge is 0.308 e. The summed E-state index contributed by atoms with van der Waals surface area (Å²) in [5, 5.41) is 7.57. The van der Waals surface area contributed by atoms with E-state index in [1.165, 1.54) is 5.56 Å². The van der Waals surface area contributed by atoms with Crippen molar-refractivity contribution in [2.24, 2.45) is 0 Å². The highest BCUT2D eigenvalue weighted by molar-refractivity contribution is 9.11. The zero-order valence-corrected chi connectivity index (χ0v) is 11.0. The number of hydrogen-bond acceptors (Lipinski definition) is 2. The summed E-state index contributed by atoms with van der Waals surface area (Å²) in [7, 11) is 0. The molecule has 2 aromatic rings. The zero-order valence-electron chi connectivity index (χ0n) is 9.44. The lowest BCUT2D eigenvalue weighted by molar-refractivity contribution is 0.743. The van der Waals surface area contributed by atoms with Gasteiger partial charge >= 0.3 is 0 Å². The van der Waals surface area contributed by atoms with E-state index in [0.717, 1.165) is 23.3 Å². The molecule has 2 rings (SSSR count). The fraction of sp³-hybridized carbons (Fsp3) is 0.154. The molecule has 1 N–H and O–H groups in total. The molecule has 0 unspecified atom stereocenters. The normalized spacial score (nSPS) is 10.4. The maximum atomic E-state index is 4.25. The van der Waals surface area contributed by atoms with Crippen molar-refractivity contribution in [1.82, 2.24) is 15.1 Å². The third kappa shape index (κ3) is 3.28. The Morgan fingerprint density at radius 3 is 2.88 bits per heavy atom. The monoisotopic (exact) mass is 291 g/mol. The number of nitrogens with one attached hydrogen (secondary N) is 1. The second-order valence-corrected chi connectivity index (χ2v) is 4.82. The van der Waals surface area contributed by atoms with Gasteiger partial charge in [-0.2, -0.15) is 5.10 Å². The molecule has 0 radical (unpaired) electrons. The summed E-state index contributed by atoms with van der Waals surface area (Å²) >= 11 is 3.33. The van der Waals surface area contributed by atoms with Crippen LogP contribution in [0.2, 0.25) is 0 Å². The van der Waals surface area contributed by atoms with E-state index in [4.69, 9.17) is 0 Å². The van der Waals surface area contributed by atoms with E-state index in [-0.39, 0.29) is 0 Å². The van der Waals surface area contributed by atoms with Gasteiger partial charge in [-0.1, -0.05) is 40.7 Å². The van der Waals surface area contributed by atoms with Crippen LogP contribution in [0.5, 0.6) is 0 Å². The van der Waals surface area contributed by atoms with E-state index in [2.05, 4.69) is 45.1 Å². The lowest BCUT2D eigenvalue weighted by atomic mass is 10.2. The Bertz CT molecular complexity index is 491. The molecule has 0 aliphatic heterocycles. The van der Waals surface area contributed by atoms with Crippen molar-refractivity contribution in [2.45, 2.75) is 6.54 Å². The van der Waals surface area contributed by atoms with E-state index in [1.807, 2.05) is 29.1 Å². The maximum absolute atomic E-state index is 4.25. The molecule has 0 aliphatic carbocycles. The minimum atomic E-state index is 0.757. The maximum Gasteiger partial charge on any atom is 0.0690 e. The van der Waals surface area contributed by atoms with Crippen LogP contribution in [-0.4, -0.2) is 16.3 Å². The van der Waals surface area contributed by atoms with Crippen molar-refractivity contribution in [3.63, 3.8) is 0 Å². The van der Waals surface area contributed by atoms with Gasteiger partial charge in [-0.25, -0.2) is 4.68 Å². The SMILES string of the molecule is C=C(Br)CNCc1ccccc1-n1cccn1. The Morgan fingerprint density at radius 1 is 1.35 bits per heavy atom. The Labute approximate surface area is 109 Å². The Hall–Kier alpha value is -1.39. The molecule has 3 nitrogen and oxygen atoms in total. The molecular weight excluding hydrogens is 278 g/mol. The predicted octanol–water partition coefficient (Wildman–Crippen LogP) is 2.87. The van der Waals surface area contributed by atoms with Gasteiger partial charge in [-0.3, -0.25) is 0 Å². The van der Waals surface area contributed by atoms with E-state index < -0.39 is 0 Å². The van der Waals surface area contributed by atoms with Crippen molar-refractivity contribution in [3.8, 4) is 5.69 Å². The molecule has 0 amide bonds. The number of benzene rings is 1. The minimum absolute atomic E-state index is 0.757. The standard InChI is InChI=1S/C13H14BrN3/c1-11(14)9-15-10-12-5-2-3-6-13(12)17-8-4-7-16-17/h2-8,15H,1,9-10H2. The van der Waals surface area contributed by atoms with Crippen LogP contribution in [0.4, 0.5) is 0 Å². The van der Waals surface area contributed by atoms with Crippen LogP contribution in [0.3, 0.4) is 0 Å². The molecule has 0 saturated heterocycles. The van der Waals surface area contributed by atoms with Gasteiger partial charge in [-0.15, -0.1) is 0 Å². The topological polar surface area (TPSA) is 29.9 Å². The molecule has 1 heterocycles. The third-order valence-electron chi connectivity index (χ3n) is 2.38. The van der Waals surface area contributed by atoms with Gasteiger partial charge < -0.3 is 5.32 Å². The molecule has 0 saturated carbocycles. The summed E-state index contributed by atoms with van der Waals surface area (Å²) in [6.07, 6.45) is 3.73. The summed E-state index contributed by atoms with van der Waals surface area (Å²) in [5.41, 5.74) is 2.31. The first-order valence-electron chi connectivity index (χ1n) is 5.39. The molecule has 17 heavy (non-hydrogen) atoms. The van der Waals surface area contributed by atoms with Crippen molar-refractivity contribution >= 4 is 15.9 Å². The predicted molar refractivity (Wildman–Crippen MR) is 73.3 cm³/mol. The molecule has 0 aliphatic rings. The number of rotatable bonds is 5. The number of para-hydroxylation sites is 1. The van der Waals surface area contributed by atoms with Crippen LogP contribution in [-0.2, 0) is 6.54 Å². The van der Waals surface area contributed by atoms with Crippen molar-refractivity contribution in [1.29, 1.82) is 0 Å². The van der Waals surface area contributed by atoms with E-state index in [9.17, 15) is 0 Å². The molecule has 1 aromatic heterocycles. The zero-order chi connectivity index (χ0) is 12.1. The number of hydrogen-bond donors (Lipinski definition) is 1. The Morgan fingerprint density at radius 2 is 2.18 bits per heavy atom. The van der Waals surface area contributed by atoms with Crippen molar-refractivity contribution in [3.05, 3.63) is 59.4 Å². The summed E-state index contributed by atoms with van der Waals surface area (Å²) < 4.78 is 2.83. The van der Waals surface area contributed by atoms with Crippen LogP contribution in [0.25, 0.3) is 5.69 Å². The van der Waals surface area contributed by atoms with Gasteiger partial charge in [-0.05, 0) is 17.7 Å². The van der Waals surface area contributed by atoms with Crippen LogP contribution >= 0.6 is 15.9 Å². The molecule has 1 aromatic carbocycles. The van der Waals surface area contributed by atoms with Crippen molar-refractivity contribution < 1.29 is 0 Å². The lowest BCUT2D eigenvalue weighted by Gasteiger charge is -2.10. The van der Waals surface area contributed by atoms with Crippen LogP contribution in [0.15, 0.2) is 53.8 Å². The summed E-state index contributed by atoms with van der Waals surface area (Å²) in [6, 6.07) is 10.1. The van der Waals surface area contributed by atoms with E-state index >= 15 is 0 Å². The quantitative estimate of drug-likeness (QED) is 0.918.